The molecule has 0 atom stereocenters. The Bertz CT molecular complexity index is 1770. The van der Waals surface area contributed by atoms with E-state index < -0.39 is 74.2 Å². The van der Waals surface area contributed by atoms with E-state index in [-0.39, 0.29) is 59.6 Å². The van der Waals surface area contributed by atoms with Crippen LogP contribution < -0.4 is 16.0 Å². The van der Waals surface area contributed by atoms with E-state index in [1.807, 2.05) is 0 Å². The molecule has 0 aromatic carbocycles. The molecule has 12 nitrogen and oxygen atoms in total. The molecule has 3 aliphatic rings. The number of hydrogen-bond donors (Lipinski definition) is 2. The lowest BCUT2D eigenvalue weighted by molar-refractivity contribution is -0.140. The number of nitrogens with one attached hydrogen (secondary N) is 1. The molecule has 3 N–H and O–H groups in total. The fourth-order valence-electron chi connectivity index (χ4n) is 4.47. The second-order valence-corrected chi connectivity index (χ2v) is 9.01. The van der Waals surface area contributed by atoms with E-state index in [9.17, 15) is 14.0 Å². The number of anilines is 3. The lowest BCUT2D eigenvalue weighted by Crippen LogP contribution is -2.58. The predicted molar refractivity (Wildman–Crippen MR) is 137 cm³/mol. The Labute approximate surface area is 235 Å². The van der Waals surface area contributed by atoms with Gasteiger partial charge in [-0.3, -0.25) is 19.5 Å². The highest BCUT2D eigenvalue weighted by atomic mass is 19.1. The summed E-state index contributed by atoms with van der Waals surface area (Å²) in [6.07, 6.45) is 2.94. The molecule has 206 valence electrons. The number of halogens is 2. The van der Waals surface area contributed by atoms with Gasteiger partial charge in [0.2, 0.25) is 5.91 Å². The van der Waals surface area contributed by atoms with Crippen molar-refractivity contribution in [1.82, 2.24) is 29.4 Å². The van der Waals surface area contributed by atoms with Crippen molar-refractivity contribution in [2.75, 3.05) is 68.2 Å². The first kappa shape index (κ1) is 16.9. The van der Waals surface area contributed by atoms with Crippen molar-refractivity contribution in [2.24, 2.45) is 5.89 Å². The summed E-state index contributed by atoms with van der Waals surface area (Å²) in [5.74, 6) is -6.55. The van der Waals surface area contributed by atoms with Gasteiger partial charge in [-0.1, -0.05) is 0 Å². The predicted octanol–water partition coefficient (Wildman–Crippen LogP) is 0.996. The molecule has 0 unspecified atom stereocenters. The van der Waals surface area contributed by atoms with Crippen LogP contribution in [0.25, 0.3) is 5.65 Å². The van der Waals surface area contributed by atoms with E-state index in [4.69, 9.17) is 22.8 Å². The van der Waals surface area contributed by atoms with E-state index in [0.29, 0.717) is 4.90 Å². The van der Waals surface area contributed by atoms with E-state index in [0.717, 1.165) is 29.3 Å². The summed E-state index contributed by atoms with van der Waals surface area (Å²) >= 11 is 0. The van der Waals surface area contributed by atoms with Crippen molar-refractivity contribution in [3.8, 4) is 0 Å². The molecule has 6 rings (SSSR count). The number of fused-ring (bicyclic) bond motifs is 1. The van der Waals surface area contributed by atoms with Crippen molar-refractivity contribution in [2.45, 2.75) is 18.9 Å². The second-order valence-electron chi connectivity index (χ2n) is 9.01. The minimum Gasteiger partial charge on any atom is -0.381 e. The summed E-state index contributed by atoms with van der Waals surface area (Å²) in [5.41, 5.74) is 5.24. The third-order valence-electron chi connectivity index (χ3n) is 6.56. The highest BCUT2D eigenvalue weighted by Gasteiger charge is 2.34. The van der Waals surface area contributed by atoms with Crippen LogP contribution in [0, 0.1) is 17.5 Å². The van der Waals surface area contributed by atoms with Gasteiger partial charge in [0, 0.05) is 51.8 Å². The Hall–Kier alpha value is -3.91. The molecule has 14 heteroatoms. The number of carbonyl (C=O) groups is 2. The van der Waals surface area contributed by atoms with Gasteiger partial charge in [0.05, 0.1) is 55.2 Å². The molecule has 2 amide bonds. The highest BCUT2D eigenvalue weighted by Crippen LogP contribution is 2.33. The first-order chi connectivity index (χ1) is 22.3. The maximum absolute atomic E-state index is 15.3. The van der Waals surface area contributed by atoms with Gasteiger partial charge < -0.3 is 25.6 Å². The van der Waals surface area contributed by atoms with Gasteiger partial charge in [-0.15, -0.1) is 5.10 Å². The zero-order valence-electron chi connectivity index (χ0n) is 29.3. The number of rotatable bonds is 5. The lowest BCUT2D eigenvalue weighted by Gasteiger charge is -2.43. The van der Waals surface area contributed by atoms with Crippen LogP contribution in [0.2, 0.25) is 0 Å². The van der Waals surface area contributed by atoms with E-state index in [1.54, 1.807) is 0 Å². The fraction of sp³-hybridized carbons (Fsp3) is 0.480. The highest BCUT2D eigenvalue weighted by molar-refractivity contribution is 6.12. The summed E-state index contributed by atoms with van der Waals surface area (Å²) < 4.78 is 112. The SMILES string of the molecule is [2H]C1(C(=O)N2C([2H])([2H])C([2H])([2H])N(C3COC3)C([2H])([2H])C2([2H])[2H])CCN(c2c(F)cncc2NC(=O)c2c(N)nn3cc(F)cnc23)CC1. The summed E-state index contributed by atoms with van der Waals surface area (Å²) in [5, 5.41) is 6.35. The van der Waals surface area contributed by atoms with Crippen molar-refractivity contribution in [3.63, 3.8) is 0 Å². The zero-order chi connectivity index (χ0) is 35.2. The Kier molecular flexibility index (Phi) is 4.49. The number of amides is 2. The first-order valence-corrected chi connectivity index (χ1v) is 12.0. The molecular weight excluding hydrogens is 512 g/mol. The van der Waals surface area contributed by atoms with Crippen molar-refractivity contribution < 1.29 is 35.4 Å². The molecule has 0 radical (unpaired) electrons. The molecule has 0 aliphatic carbocycles. The topological polar surface area (TPSA) is 134 Å². The summed E-state index contributed by atoms with van der Waals surface area (Å²) in [6.45, 7) is -14.2. The fourth-order valence-corrected chi connectivity index (χ4v) is 4.47. The van der Waals surface area contributed by atoms with Crippen LogP contribution in [0.5, 0.6) is 0 Å². The van der Waals surface area contributed by atoms with Gasteiger partial charge >= 0.3 is 0 Å². The Morgan fingerprint density at radius 2 is 1.87 bits per heavy atom. The number of carbonyl (C=O) groups excluding carboxylic acids is 2. The van der Waals surface area contributed by atoms with Crippen molar-refractivity contribution >= 4 is 34.7 Å². The molecular formula is C25H29F2N9O3. The van der Waals surface area contributed by atoms with Crippen LogP contribution in [-0.4, -0.2) is 99.5 Å². The number of aromatic nitrogens is 4. The molecule has 0 spiro atoms. The normalized spacial score (nSPS) is 28.7. The summed E-state index contributed by atoms with van der Waals surface area (Å²) in [4.78, 5) is 36.5. The number of nitrogens with two attached hydrogens (primary N) is 1. The number of hydrogen-bond acceptors (Lipinski definition) is 9. The lowest BCUT2D eigenvalue weighted by atomic mass is 9.94. The average Bonchev–Trinajstić information content (AvgIpc) is 3.29. The molecule has 39 heavy (non-hydrogen) atoms. The smallest absolute Gasteiger partial charge is 0.263 e. The molecule has 3 saturated heterocycles. The largest absolute Gasteiger partial charge is 0.381 e. The molecule has 0 saturated carbocycles. The van der Waals surface area contributed by atoms with Gasteiger partial charge in [0.25, 0.3) is 5.91 Å². The van der Waals surface area contributed by atoms with Crippen LogP contribution in [0.15, 0.2) is 24.8 Å². The molecule has 3 aromatic rings. The molecule has 0 bridgehead atoms. The number of piperazine rings is 1. The molecule has 3 aliphatic heterocycles. The van der Waals surface area contributed by atoms with Crippen molar-refractivity contribution in [1.29, 1.82) is 0 Å². The Morgan fingerprint density at radius 3 is 2.56 bits per heavy atom. The Balaban J connectivity index is 1.25. The Morgan fingerprint density at radius 1 is 1.13 bits per heavy atom. The zero-order valence-corrected chi connectivity index (χ0v) is 20.3. The number of ether oxygens (including phenoxy) is 1. The number of nitrogen functional groups attached to an aromatic ring is 1. The van der Waals surface area contributed by atoms with Gasteiger partial charge in [0.15, 0.2) is 23.1 Å². The molecule has 3 fully saturated rings. The van der Waals surface area contributed by atoms with Gasteiger partial charge in [-0.2, -0.15) is 0 Å². The monoisotopic (exact) mass is 550 g/mol. The number of piperidine rings is 1. The van der Waals surface area contributed by atoms with Gasteiger partial charge in [0.1, 0.15) is 11.3 Å². The molecule has 3 aromatic heterocycles. The quantitative estimate of drug-likeness (QED) is 0.477. The number of pyridine rings is 1. The van der Waals surface area contributed by atoms with Crippen LogP contribution in [0.4, 0.5) is 26.0 Å². The third kappa shape index (κ3) is 4.85. The molecule has 6 heterocycles. The van der Waals surface area contributed by atoms with E-state index in [1.165, 1.54) is 4.90 Å². The van der Waals surface area contributed by atoms with Crippen LogP contribution in [-0.2, 0) is 9.53 Å². The standard InChI is InChI=1S/C25H29F2N9O3/c26-16-9-30-23-20(22(28)32-36(23)12-16)24(37)31-19-11-29-10-18(27)21(19)34-3-1-15(2-4-34)25(38)35-7-5-33(6-8-35)17-13-39-14-17/h9-12,15,17H,1-8,13-14H2,(H2,28,32)(H,31,37)/i5D2,6D2,7D2,8D2,15D. The maximum atomic E-state index is 15.3. The van der Waals surface area contributed by atoms with Crippen molar-refractivity contribution in [3.05, 3.63) is 42.0 Å². The maximum Gasteiger partial charge on any atom is 0.263 e. The minimum absolute atomic E-state index is 0.0804. The van der Waals surface area contributed by atoms with Gasteiger partial charge in [-0.25, -0.2) is 18.3 Å². The third-order valence-corrected chi connectivity index (χ3v) is 6.56. The van der Waals surface area contributed by atoms with Crippen LogP contribution in [0.1, 0.15) is 35.5 Å². The van der Waals surface area contributed by atoms with E-state index >= 15 is 4.39 Å². The summed E-state index contributed by atoms with van der Waals surface area (Å²) in [6, 6.07) is -1.00. The van der Waals surface area contributed by atoms with E-state index in [2.05, 4.69) is 20.4 Å². The van der Waals surface area contributed by atoms with Gasteiger partial charge in [-0.05, 0) is 12.8 Å². The average molecular weight is 551 g/mol. The van der Waals surface area contributed by atoms with Crippen LogP contribution >= 0.6 is 0 Å². The number of nitrogens with zero attached hydrogens (tertiary/aromatic N) is 7. The second kappa shape index (κ2) is 10.3. The first-order valence-electron chi connectivity index (χ1n) is 16.5. The minimum atomic E-state index is -3.44. The van der Waals surface area contributed by atoms with Crippen LogP contribution in [0.3, 0.4) is 0 Å². The summed E-state index contributed by atoms with van der Waals surface area (Å²) in [7, 11) is 0.